The Hall–Kier alpha value is -2.02. The lowest BCUT2D eigenvalue weighted by Crippen LogP contribution is -2.54. The Morgan fingerprint density at radius 2 is 2.26 bits per heavy atom. The molecule has 2 heterocycles. The van der Waals surface area contributed by atoms with E-state index in [1.807, 2.05) is 18.2 Å². The van der Waals surface area contributed by atoms with Gasteiger partial charge in [0, 0.05) is 24.9 Å². The molecule has 0 aromatic heterocycles. The van der Waals surface area contributed by atoms with Gasteiger partial charge in [-0.25, -0.2) is 0 Å². The number of nitrogens with zero attached hydrogens (tertiary/aromatic N) is 2. The highest BCUT2D eigenvalue weighted by Gasteiger charge is 2.41. The molecule has 6 nitrogen and oxygen atoms in total. The Bertz CT molecular complexity index is 700. The largest absolute Gasteiger partial charge is 0.476 e. The third kappa shape index (κ3) is 2.93. The van der Waals surface area contributed by atoms with Crippen LogP contribution in [-0.2, 0) is 9.59 Å². The van der Waals surface area contributed by atoms with Crippen molar-refractivity contribution in [3.8, 4) is 5.75 Å². The number of hydrogen-bond donors (Lipinski definition) is 1. The summed E-state index contributed by atoms with van der Waals surface area (Å²) in [5.74, 6) is 1.12. The lowest BCUT2D eigenvalue weighted by atomic mass is 10.0. The molecule has 0 aliphatic carbocycles. The second-order valence-electron chi connectivity index (χ2n) is 5.89. The zero-order valence-electron chi connectivity index (χ0n) is 13.4. The number of hydrogen-bond acceptors (Lipinski definition) is 5. The number of fused-ring (bicyclic) bond motifs is 1. The van der Waals surface area contributed by atoms with Gasteiger partial charge in [-0.05, 0) is 32.0 Å². The van der Waals surface area contributed by atoms with E-state index < -0.39 is 5.60 Å². The third-order valence-electron chi connectivity index (χ3n) is 3.79. The van der Waals surface area contributed by atoms with E-state index in [0.29, 0.717) is 11.4 Å². The Labute approximate surface area is 139 Å². The van der Waals surface area contributed by atoms with E-state index in [-0.39, 0.29) is 18.4 Å². The van der Waals surface area contributed by atoms with Gasteiger partial charge < -0.3 is 10.1 Å². The van der Waals surface area contributed by atoms with Gasteiger partial charge in [-0.1, -0.05) is 0 Å². The van der Waals surface area contributed by atoms with Gasteiger partial charge in [-0.15, -0.1) is 11.8 Å². The van der Waals surface area contributed by atoms with Crippen molar-refractivity contribution in [2.24, 2.45) is 4.99 Å². The van der Waals surface area contributed by atoms with Crippen molar-refractivity contribution in [2.45, 2.75) is 19.4 Å². The standard InChI is InChI=1S/C16H19N3O3S/c1-16(2)15(21)19(9-13(20)17-3)11-8-10(4-5-12(11)22-16)14-18-6-7-23-14/h4-5,8H,6-7,9H2,1-3H3,(H,17,20). The lowest BCUT2D eigenvalue weighted by molar-refractivity contribution is -0.134. The van der Waals surface area contributed by atoms with E-state index in [1.165, 1.54) is 4.90 Å². The van der Waals surface area contributed by atoms with Gasteiger partial charge in [0.15, 0.2) is 5.60 Å². The highest BCUT2D eigenvalue weighted by atomic mass is 32.2. The fraction of sp³-hybridized carbons (Fsp3) is 0.438. The maximum atomic E-state index is 12.7. The molecule has 1 N–H and O–H groups in total. The molecule has 2 aliphatic heterocycles. The van der Waals surface area contributed by atoms with E-state index in [9.17, 15) is 9.59 Å². The number of anilines is 1. The minimum Gasteiger partial charge on any atom is -0.476 e. The number of benzene rings is 1. The number of carbonyl (C=O) groups is 2. The van der Waals surface area contributed by atoms with Crippen LogP contribution in [-0.4, -0.2) is 48.3 Å². The number of nitrogens with one attached hydrogen (secondary N) is 1. The predicted octanol–water partition coefficient (Wildman–Crippen LogP) is 1.43. The molecule has 0 spiro atoms. The van der Waals surface area contributed by atoms with Crippen molar-refractivity contribution in [3.05, 3.63) is 23.8 Å². The molecule has 2 amide bonds. The van der Waals surface area contributed by atoms with Crippen molar-refractivity contribution in [1.29, 1.82) is 0 Å². The van der Waals surface area contributed by atoms with Crippen molar-refractivity contribution in [2.75, 3.05) is 30.8 Å². The van der Waals surface area contributed by atoms with E-state index in [2.05, 4.69) is 10.3 Å². The average Bonchev–Trinajstić information content (AvgIpc) is 3.05. The minimum atomic E-state index is -0.998. The molecule has 23 heavy (non-hydrogen) atoms. The number of aliphatic imine (C=N–C) groups is 1. The summed E-state index contributed by atoms with van der Waals surface area (Å²) in [7, 11) is 1.56. The monoisotopic (exact) mass is 333 g/mol. The Morgan fingerprint density at radius 1 is 1.48 bits per heavy atom. The van der Waals surface area contributed by atoms with Crippen molar-refractivity contribution >= 4 is 34.3 Å². The maximum Gasteiger partial charge on any atom is 0.271 e. The lowest BCUT2D eigenvalue weighted by Gasteiger charge is -2.38. The van der Waals surface area contributed by atoms with E-state index in [1.54, 1.807) is 32.7 Å². The van der Waals surface area contributed by atoms with Gasteiger partial charge in [0.25, 0.3) is 5.91 Å². The van der Waals surface area contributed by atoms with E-state index >= 15 is 0 Å². The molecule has 0 fully saturated rings. The molecule has 0 bridgehead atoms. The highest BCUT2D eigenvalue weighted by molar-refractivity contribution is 8.14. The number of likely N-dealkylation sites (N-methyl/N-ethyl adjacent to an activating group) is 1. The van der Waals surface area contributed by atoms with Crippen LogP contribution in [0.2, 0.25) is 0 Å². The second kappa shape index (κ2) is 5.88. The van der Waals surface area contributed by atoms with Crippen molar-refractivity contribution in [3.63, 3.8) is 0 Å². The zero-order valence-corrected chi connectivity index (χ0v) is 14.2. The van der Waals surface area contributed by atoms with Crippen LogP contribution in [0.25, 0.3) is 0 Å². The summed E-state index contributed by atoms with van der Waals surface area (Å²) in [6.45, 7) is 4.19. The van der Waals surface area contributed by atoms with Crippen LogP contribution in [0.1, 0.15) is 19.4 Å². The molecule has 0 atom stereocenters. The van der Waals surface area contributed by atoms with Gasteiger partial charge in [0.2, 0.25) is 5.91 Å². The molecule has 1 aromatic rings. The summed E-state index contributed by atoms with van der Waals surface area (Å²) in [5, 5.41) is 3.52. The highest BCUT2D eigenvalue weighted by Crippen LogP contribution is 2.39. The molecule has 2 aliphatic rings. The third-order valence-corrected chi connectivity index (χ3v) is 4.81. The predicted molar refractivity (Wildman–Crippen MR) is 91.4 cm³/mol. The number of ether oxygens (including phenoxy) is 1. The van der Waals surface area contributed by atoms with Gasteiger partial charge in [0.05, 0.1) is 10.7 Å². The summed E-state index contributed by atoms with van der Waals surface area (Å²) >= 11 is 1.69. The average molecular weight is 333 g/mol. The molecule has 0 saturated heterocycles. The van der Waals surface area contributed by atoms with Gasteiger partial charge in [0.1, 0.15) is 12.3 Å². The minimum absolute atomic E-state index is 0.0296. The van der Waals surface area contributed by atoms with Gasteiger partial charge >= 0.3 is 0 Å². The molecule has 0 unspecified atom stereocenters. The van der Waals surface area contributed by atoms with Gasteiger partial charge in [-0.2, -0.15) is 0 Å². The van der Waals surface area contributed by atoms with Crippen LogP contribution in [0.15, 0.2) is 23.2 Å². The number of amides is 2. The molecule has 3 rings (SSSR count). The van der Waals surface area contributed by atoms with E-state index in [4.69, 9.17) is 4.74 Å². The quantitative estimate of drug-likeness (QED) is 0.908. The topological polar surface area (TPSA) is 71.0 Å². The molecular weight excluding hydrogens is 314 g/mol. The second-order valence-corrected chi connectivity index (χ2v) is 6.98. The van der Waals surface area contributed by atoms with Crippen LogP contribution in [0, 0.1) is 0 Å². The van der Waals surface area contributed by atoms with Crippen molar-refractivity contribution < 1.29 is 14.3 Å². The molecule has 122 valence electrons. The number of carbonyl (C=O) groups excluding carboxylic acids is 2. The molecular formula is C16H19N3O3S. The maximum absolute atomic E-state index is 12.7. The molecule has 0 saturated carbocycles. The normalized spacial score (nSPS) is 19.0. The fourth-order valence-corrected chi connectivity index (χ4v) is 3.44. The summed E-state index contributed by atoms with van der Waals surface area (Å²) in [6.07, 6.45) is 0. The molecule has 1 aromatic carbocycles. The first-order valence-corrected chi connectivity index (χ1v) is 8.44. The summed E-state index contributed by atoms with van der Waals surface area (Å²) < 4.78 is 5.83. The summed E-state index contributed by atoms with van der Waals surface area (Å²) in [4.78, 5) is 30.4. The Morgan fingerprint density at radius 3 is 2.91 bits per heavy atom. The van der Waals surface area contributed by atoms with Crippen molar-refractivity contribution in [1.82, 2.24) is 5.32 Å². The Balaban J connectivity index is 2.03. The number of rotatable bonds is 3. The SMILES string of the molecule is CNC(=O)CN1C(=O)C(C)(C)Oc2ccc(C3=NCCS3)cc21. The first kappa shape index (κ1) is 15.9. The Kier molecular flexibility index (Phi) is 4.06. The first-order chi connectivity index (χ1) is 10.9. The van der Waals surface area contributed by atoms with Crippen LogP contribution >= 0.6 is 11.8 Å². The summed E-state index contributed by atoms with van der Waals surface area (Å²) in [6, 6.07) is 5.67. The van der Waals surface area contributed by atoms with E-state index in [0.717, 1.165) is 22.9 Å². The molecule has 0 radical (unpaired) electrons. The fourth-order valence-electron chi connectivity index (χ4n) is 2.59. The number of thioether (sulfide) groups is 1. The van der Waals surface area contributed by atoms with Crippen LogP contribution in [0.4, 0.5) is 5.69 Å². The summed E-state index contributed by atoms with van der Waals surface area (Å²) in [5.41, 5.74) is 0.567. The van der Waals surface area contributed by atoms with Crippen LogP contribution in [0.3, 0.4) is 0 Å². The zero-order chi connectivity index (χ0) is 16.6. The molecule has 7 heteroatoms. The first-order valence-electron chi connectivity index (χ1n) is 7.45. The van der Waals surface area contributed by atoms with Gasteiger partial charge in [-0.3, -0.25) is 19.5 Å². The van der Waals surface area contributed by atoms with Crippen LogP contribution < -0.4 is 15.0 Å². The smallest absolute Gasteiger partial charge is 0.271 e. The van der Waals surface area contributed by atoms with Crippen LogP contribution in [0.5, 0.6) is 5.75 Å².